The third kappa shape index (κ3) is 5.59. The Bertz CT molecular complexity index is 573. The second-order valence-corrected chi connectivity index (χ2v) is 7.56. The number of primary amides is 1. The van der Waals surface area contributed by atoms with E-state index in [1.165, 1.54) is 31.4 Å². The number of hydrogen-bond acceptors (Lipinski definition) is 3. The lowest BCUT2D eigenvalue weighted by atomic mass is 9.82. The number of rotatable bonds is 6. The van der Waals surface area contributed by atoms with Crippen LogP contribution in [0.5, 0.6) is 5.75 Å². The number of ether oxygens (including phenoxy) is 1. The van der Waals surface area contributed by atoms with Crippen molar-refractivity contribution >= 4 is 6.03 Å². The molecule has 2 atom stereocenters. The lowest BCUT2D eigenvalue weighted by Gasteiger charge is -2.36. The van der Waals surface area contributed by atoms with E-state index >= 15 is 0 Å². The second-order valence-electron chi connectivity index (χ2n) is 7.56. The monoisotopic (exact) mass is 363 g/mol. The van der Waals surface area contributed by atoms with Crippen LogP contribution in [-0.4, -0.2) is 42.7 Å². The van der Waals surface area contributed by atoms with Crippen LogP contribution in [0.4, 0.5) is 9.18 Å². The molecule has 1 heterocycles. The van der Waals surface area contributed by atoms with Crippen molar-refractivity contribution < 1.29 is 13.9 Å². The fourth-order valence-corrected chi connectivity index (χ4v) is 4.23. The topological polar surface area (TPSA) is 67.6 Å². The number of hydrogen-bond donors (Lipinski definition) is 2. The van der Waals surface area contributed by atoms with E-state index in [0.717, 1.165) is 51.1 Å². The van der Waals surface area contributed by atoms with E-state index in [9.17, 15) is 9.18 Å². The Morgan fingerprint density at radius 3 is 2.54 bits per heavy atom. The van der Waals surface area contributed by atoms with Crippen molar-refractivity contribution in [3.63, 3.8) is 0 Å². The number of urea groups is 1. The van der Waals surface area contributed by atoms with Crippen LogP contribution in [0.15, 0.2) is 24.3 Å². The Morgan fingerprint density at radius 1 is 1.15 bits per heavy atom. The van der Waals surface area contributed by atoms with E-state index in [0.29, 0.717) is 5.92 Å². The summed E-state index contributed by atoms with van der Waals surface area (Å²) in [5.41, 5.74) is 5.32. The number of amides is 2. The van der Waals surface area contributed by atoms with Gasteiger partial charge in [-0.25, -0.2) is 9.18 Å². The molecule has 2 fully saturated rings. The number of nitrogens with one attached hydrogen (secondary N) is 1. The number of nitrogens with two attached hydrogens (primary N) is 1. The van der Waals surface area contributed by atoms with Gasteiger partial charge in [0.25, 0.3) is 0 Å². The molecule has 1 saturated heterocycles. The molecular weight excluding hydrogens is 333 g/mol. The van der Waals surface area contributed by atoms with Crippen LogP contribution in [0.25, 0.3) is 0 Å². The van der Waals surface area contributed by atoms with Crippen molar-refractivity contribution in [3.05, 3.63) is 30.1 Å². The summed E-state index contributed by atoms with van der Waals surface area (Å²) in [4.78, 5) is 13.7. The van der Waals surface area contributed by atoms with Crippen LogP contribution < -0.4 is 15.8 Å². The molecule has 2 unspecified atom stereocenters. The van der Waals surface area contributed by atoms with Gasteiger partial charge in [0.1, 0.15) is 17.7 Å². The predicted molar refractivity (Wildman–Crippen MR) is 99.6 cm³/mol. The van der Waals surface area contributed by atoms with Crippen LogP contribution in [0, 0.1) is 11.7 Å². The number of nitrogens with zero attached hydrogens (tertiary/aromatic N) is 1. The molecule has 5 nitrogen and oxygen atoms in total. The smallest absolute Gasteiger partial charge is 0.312 e. The molecule has 6 heteroatoms. The minimum atomic E-state index is -0.402. The van der Waals surface area contributed by atoms with E-state index < -0.39 is 6.03 Å². The maximum Gasteiger partial charge on any atom is 0.312 e. The number of carbonyl (C=O) groups is 1. The van der Waals surface area contributed by atoms with E-state index in [1.54, 1.807) is 12.1 Å². The van der Waals surface area contributed by atoms with Gasteiger partial charge in [-0.15, -0.1) is 0 Å². The van der Waals surface area contributed by atoms with Gasteiger partial charge in [-0.3, -0.25) is 0 Å². The first kappa shape index (κ1) is 19.0. The van der Waals surface area contributed by atoms with Crippen molar-refractivity contribution in [1.82, 2.24) is 10.2 Å². The van der Waals surface area contributed by atoms with E-state index in [1.807, 2.05) is 0 Å². The van der Waals surface area contributed by atoms with Crippen LogP contribution in [-0.2, 0) is 0 Å². The Morgan fingerprint density at radius 2 is 1.85 bits per heavy atom. The highest BCUT2D eigenvalue weighted by atomic mass is 19.1. The molecule has 0 spiro atoms. The molecular formula is C20H30FN3O2. The summed E-state index contributed by atoms with van der Waals surface area (Å²) < 4.78 is 18.9. The highest BCUT2D eigenvalue weighted by Gasteiger charge is 2.27. The van der Waals surface area contributed by atoms with Crippen molar-refractivity contribution in [2.75, 3.05) is 19.6 Å². The van der Waals surface area contributed by atoms with Gasteiger partial charge in [0.05, 0.1) is 0 Å². The van der Waals surface area contributed by atoms with Crippen molar-refractivity contribution in [2.24, 2.45) is 11.7 Å². The molecule has 3 rings (SSSR count). The molecule has 1 aromatic rings. The second kappa shape index (κ2) is 9.21. The summed E-state index contributed by atoms with van der Waals surface area (Å²) in [6, 6.07) is 6.09. The molecule has 1 aliphatic carbocycles. The number of benzene rings is 1. The van der Waals surface area contributed by atoms with Crippen LogP contribution in [0.1, 0.15) is 44.9 Å². The number of piperidine rings is 1. The van der Waals surface area contributed by atoms with E-state index in [4.69, 9.17) is 10.5 Å². The average molecular weight is 363 g/mol. The zero-order valence-electron chi connectivity index (χ0n) is 15.3. The maximum atomic E-state index is 13.0. The van der Waals surface area contributed by atoms with Crippen molar-refractivity contribution in [3.8, 4) is 5.75 Å². The molecule has 0 bridgehead atoms. The molecule has 26 heavy (non-hydrogen) atoms. The van der Waals surface area contributed by atoms with Gasteiger partial charge in [0.2, 0.25) is 0 Å². The van der Waals surface area contributed by atoms with Crippen molar-refractivity contribution in [1.29, 1.82) is 0 Å². The Hall–Kier alpha value is -1.82. The fraction of sp³-hybridized carbons (Fsp3) is 0.650. The highest BCUT2D eigenvalue weighted by Crippen LogP contribution is 2.28. The van der Waals surface area contributed by atoms with E-state index in [2.05, 4.69) is 10.2 Å². The third-order valence-corrected chi connectivity index (χ3v) is 5.70. The van der Waals surface area contributed by atoms with Gasteiger partial charge >= 0.3 is 6.03 Å². The van der Waals surface area contributed by atoms with E-state index in [-0.39, 0.29) is 18.0 Å². The molecule has 1 saturated carbocycles. The Balaban J connectivity index is 1.39. The Labute approximate surface area is 155 Å². The van der Waals surface area contributed by atoms with Gasteiger partial charge in [-0.2, -0.15) is 0 Å². The number of halogens is 1. The number of likely N-dealkylation sites (tertiary alicyclic amines) is 1. The fourth-order valence-electron chi connectivity index (χ4n) is 4.23. The van der Waals surface area contributed by atoms with Crippen molar-refractivity contribution in [2.45, 2.75) is 57.1 Å². The summed E-state index contributed by atoms with van der Waals surface area (Å²) in [7, 11) is 0. The molecule has 2 amide bonds. The lowest BCUT2D eigenvalue weighted by Crippen LogP contribution is -2.46. The number of carbonyl (C=O) groups excluding carboxylic acids is 1. The minimum Gasteiger partial charge on any atom is -0.490 e. The molecule has 144 valence electrons. The SMILES string of the molecule is NC(=O)NC1CCCCC1CCN1CCC(Oc2ccc(F)cc2)CC1. The summed E-state index contributed by atoms with van der Waals surface area (Å²) in [5.74, 6) is 1.04. The largest absolute Gasteiger partial charge is 0.490 e. The molecule has 1 aliphatic heterocycles. The summed E-state index contributed by atoms with van der Waals surface area (Å²) in [6.45, 7) is 3.10. The van der Waals surface area contributed by atoms with Gasteiger partial charge in [0, 0.05) is 19.1 Å². The first-order chi connectivity index (χ1) is 12.6. The molecule has 2 aliphatic rings. The highest BCUT2D eigenvalue weighted by molar-refractivity contribution is 5.72. The average Bonchev–Trinajstić information content (AvgIpc) is 2.64. The first-order valence-corrected chi connectivity index (χ1v) is 9.80. The normalized spacial score (nSPS) is 25.0. The van der Waals surface area contributed by atoms with Crippen LogP contribution >= 0.6 is 0 Å². The standard InChI is InChI=1S/C20H30FN3O2/c21-16-5-7-17(8-6-16)26-18-10-13-24(14-11-18)12-9-15-3-1-2-4-19(15)23-20(22)25/h5-8,15,18-19H,1-4,9-14H2,(H3,22,23,25). The Kier molecular flexibility index (Phi) is 6.72. The summed E-state index contributed by atoms with van der Waals surface area (Å²) in [6.07, 6.45) is 7.93. The minimum absolute atomic E-state index is 0.204. The third-order valence-electron chi connectivity index (χ3n) is 5.70. The molecule has 1 aromatic carbocycles. The lowest BCUT2D eigenvalue weighted by molar-refractivity contribution is 0.0935. The zero-order chi connectivity index (χ0) is 18.4. The maximum absolute atomic E-state index is 13.0. The van der Waals surface area contributed by atoms with Gasteiger partial charge in [-0.1, -0.05) is 12.8 Å². The predicted octanol–water partition coefficient (Wildman–Crippen LogP) is 3.29. The quantitative estimate of drug-likeness (QED) is 0.815. The first-order valence-electron chi connectivity index (χ1n) is 9.80. The summed E-state index contributed by atoms with van der Waals surface area (Å²) in [5, 5.41) is 2.93. The zero-order valence-corrected chi connectivity index (χ0v) is 15.3. The summed E-state index contributed by atoms with van der Waals surface area (Å²) >= 11 is 0. The van der Waals surface area contributed by atoms with Gasteiger partial charge in [0.15, 0.2) is 0 Å². The molecule has 0 aromatic heterocycles. The van der Waals surface area contributed by atoms with Crippen LogP contribution in [0.2, 0.25) is 0 Å². The molecule has 3 N–H and O–H groups in total. The van der Waals surface area contributed by atoms with Crippen LogP contribution in [0.3, 0.4) is 0 Å². The van der Waals surface area contributed by atoms with Gasteiger partial charge < -0.3 is 20.7 Å². The molecule has 0 radical (unpaired) electrons. The van der Waals surface area contributed by atoms with Gasteiger partial charge in [-0.05, 0) is 68.8 Å².